The monoisotopic (exact) mass is 299 g/mol. The lowest BCUT2D eigenvalue weighted by atomic mass is 10.1. The number of rotatable bonds is 4. The zero-order chi connectivity index (χ0) is 16.1. The Balaban J connectivity index is 2.34. The van der Waals surface area contributed by atoms with Gasteiger partial charge in [-0.25, -0.2) is 4.79 Å². The molecule has 2 aromatic carbocycles. The number of aliphatic hydroxyl groups is 1. The van der Waals surface area contributed by atoms with Gasteiger partial charge in [0, 0.05) is 5.56 Å². The van der Waals surface area contributed by atoms with Crippen LogP contribution in [0, 0.1) is 13.8 Å². The van der Waals surface area contributed by atoms with Crippen molar-refractivity contribution in [2.24, 2.45) is 0 Å². The molecule has 114 valence electrons. The van der Waals surface area contributed by atoms with Crippen LogP contribution in [0.3, 0.4) is 0 Å². The number of aliphatic hydroxyl groups excluding tert-OH is 1. The molecule has 0 saturated heterocycles. The highest BCUT2D eigenvalue weighted by Crippen LogP contribution is 2.31. The van der Waals surface area contributed by atoms with Crippen LogP contribution in [0.2, 0.25) is 0 Å². The van der Waals surface area contributed by atoms with Crippen LogP contribution in [0.25, 0.3) is 0 Å². The minimum atomic E-state index is -0.779. The van der Waals surface area contributed by atoms with Gasteiger partial charge < -0.3 is 15.2 Å². The summed E-state index contributed by atoms with van der Waals surface area (Å²) < 4.78 is 5.06. The summed E-state index contributed by atoms with van der Waals surface area (Å²) in [5.74, 6) is -0.861. The summed E-state index contributed by atoms with van der Waals surface area (Å²) in [7, 11) is 0. The molecular weight excluding hydrogens is 282 g/mol. The zero-order valence-corrected chi connectivity index (χ0v) is 12.4. The van der Waals surface area contributed by atoms with Gasteiger partial charge in [-0.2, -0.15) is 0 Å². The summed E-state index contributed by atoms with van der Waals surface area (Å²) in [5.41, 5.74) is 2.68. The van der Waals surface area contributed by atoms with Gasteiger partial charge in [0.2, 0.25) is 0 Å². The maximum Gasteiger partial charge on any atom is 0.337 e. The number of amides is 1. The average Bonchev–Trinajstić information content (AvgIpc) is 2.54. The molecule has 1 amide bonds. The zero-order valence-electron chi connectivity index (χ0n) is 12.4. The van der Waals surface area contributed by atoms with E-state index in [9.17, 15) is 9.59 Å². The minimum Gasteiger partial charge on any atom is -0.423 e. The third-order valence-electron chi connectivity index (χ3n) is 3.33. The first-order chi connectivity index (χ1) is 10.5. The molecule has 0 fully saturated rings. The van der Waals surface area contributed by atoms with Crippen molar-refractivity contribution < 1.29 is 19.4 Å². The molecule has 0 saturated carbocycles. The Labute approximate surface area is 128 Å². The Morgan fingerprint density at radius 1 is 1.09 bits per heavy atom. The van der Waals surface area contributed by atoms with Gasteiger partial charge in [0.1, 0.15) is 6.61 Å². The molecule has 5 nitrogen and oxygen atoms in total. The molecule has 0 bridgehead atoms. The van der Waals surface area contributed by atoms with Crippen molar-refractivity contribution in [1.82, 2.24) is 0 Å². The summed E-state index contributed by atoms with van der Waals surface area (Å²) in [6.45, 7) is 3.00. The highest BCUT2D eigenvalue weighted by Gasteiger charge is 2.15. The predicted molar refractivity (Wildman–Crippen MR) is 83.0 cm³/mol. The topological polar surface area (TPSA) is 75.6 Å². The fourth-order valence-corrected chi connectivity index (χ4v) is 1.96. The van der Waals surface area contributed by atoms with Crippen molar-refractivity contribution in [1.29, 1.82) is 0 Å². The van der Waals surface area contributed by atoms with E-state index in [0.29, 0.717) is 11.3 Å². The first-order valence-corrected chi connectivity index (χ1v) is 6.81. The second kappa shape index (κ2) is 6.87. The van der Waals surface area contributed by atoms with Gasteiger partial charge in [-0.3, -0.25) is 4.79 Å². The smallest absolute Gasteiger partial charge is 0.337 e. The van der Waals surface area contributed by atoms with E-state index < -0.39 is 12.6 Å². The quantitative estimate of drug-likeness (QED) is 0.671. The predicted octanol–water partition coefficient (Wildman–Crippen LogP) is 2.45. The van der Waals surface area contributed by atoms with Gasteiger partial charge in [0.25, 0.3) is 5.91 Å². The Morgan fingerprint density at radius 2 is 1.77 bits per heavy atom. The average molecular weight is 299 g/mol. The fourth-order valence-electron chi connectivity index (χ4n) is 1.96. The van der Waals surface area contributed by atoms with Gasteiger partial charge in [0.05, 0.1) is 5.69 Å². The van der Waals surface area contributed by atoms with Gasteiger partial charge in [-0.1, -0.05) is 24.3 Å². The third kappa shape index (κ3) is 3.51. The number of benzene rings is 2. The van der Waals surface area contributed by atoms with E-state index >= 15 is 0 Å². The fraction of sp³-hybridized carbons (Fsp3) is 0.176. The molecule has 0 aliphatic rings. The van der Waals surface area contributed by atoms with Crippen LogP contribution >= 0.6 is 0 Å². The SMILES string of the molecule is Cc1ccc(OC(=O)CO)c(NC(=O)c2ccccc2)c1C. The minimum absolute atomic E-state index is 0.214. The Kier molecular flexibility index (Phi) is 4.91. The number of hydrogen-bond donors (Lipinski definition) is 2. The lowest BCUT2D eigenvalue weighted by Crippen LogP contribution is -2.17. The van der Waals surface area contributed by atoms with Gasteiger partial charge in [-0.05, 0) is 43.2 Å². The van der Waals surface area contributed by atoms with Crippen LogP contribution in [0.1, 0.15) is 21.5 Å². The van der Waals surface area contributed by atoms with Crippen molar-refractivity contribution in [3.05, 3.63) is 59.2 Å². The van der Waals surface area contributed by atoms with Crippen molar-refractivity contribution in [2.45, 2.75) is 13.8 Å². The van der Waals surface area contributed by atoms with Crippen LogP contribution in [-0.2, 0) is 4.79 Å². The van der Waals surface area contributed by atoms with E-state index in [1.54, 1.807) is 36.4 Å². The Bertz CT molecular complexity index is 695. The number of esters is 1. The highest BCUT2D eigenvalue weighted by molar-refractivity contribution is 6.05. The standard InChI is InChI=1S/C17H17NO4/c1-11-8-9-14(22-15(20)10-19)16(12(11)2)18-17(21)13-6-4-3-5-7-13/h3-9,19H,10H2,1-2H3,(H,18,21). The van der Waals surface area contributed by atoms with Gasteiger partial charge in [-0.15, -0.1) is 0 Å². The summed E-state index contributed by atoms with van der Waals surface area (Å²) in [6, 6.07) is 12.1. The van der Waals surface area contributed by atoms with E-state index in [1.165, 1.54) is 0 Å². The molecular formula is C17H17NO4. The molecule has 0 aliphatic heterocycles. The Hall–Kier alpha value is -2.66. The molecule has 2 aromatic rings. The van der Waals surface area contributed by atoms with Crippen molar-refractivity contribution >= 4 is 17.6 Å². The number of ether oxygens (including phenoxy) is 1. The van der Waals surface area contributed by atoms with E-state index in [2.05, 4.69) is 5.32 Å². The largest absolute Gasteiger partial charge is 0.423 e. The van der Waals surface area contributed by atoms with E-state index in [4.69, 9.17) is 9.84 Å². The normalized spacial score (nSPS) is 10.1. The molecule has 2 rings (SSSR count). The summed E-state index contributed by atoms with van der Waals surface area (Å²) in [5, 5.41) is 11.6. The number of carbonyl (C=O) groups is 2. The highest BCUT2D eigenvalue weighted by atomic mass is 16.5. The van der Waals surface area contributed by atoms with Crippen LogP contribution < -0.4 is 10.1 Å². The van der Waals surface area contributed by atoms with Crippen LogP contribution in [-0.4, -0.2) is 23.6 Å². The summed E-state index contributed by atoms with van der Waals surface area (Å²) >= 11 is 0. The van der Waals surface area contributed by atoms with E-state index in [1.807, 2.05) is 19.9 Å². The van der Waals surface area contributed by atoms with Crippen LogP contribution in [0.4, 0.5) is 5.69 Å². The lowest BCUT2D eigenvalue weighted by molar-refractivity contribution is -0.137. The number of nitrogens with one attached hydrogen (secondary N) is 1. The van der Waals surface area contributed by atoms with Crippen molar-refractivity contribution in [3.63, 3.8) is 0 Å². The number of aryl methyl sites for hydroxylation is 1. The van der Waals surface area contributed by atoms with Crippen LogP contribution in [0.5, 0.6) is 5.75 Å². The molecule has 22 heavy (non-hydrogen) atoms. The van der Waals surface area contributed by atoms with Crippen molar-refractivity contribution in [3.8, 4) is 5.75 Å². The van der Waals surface area contributed by atoms with Gasteiger partial charge in [0.15, 0.2) is 5.75 Å². The molecule has 0 radical (unpaired) electrons. The Morgan fingerprint density at radius 3 is 2.41 bits per heavy atom. The van der Waals surface area contributed by atoms with Gasteiger partial charge >= 0.3 is 5.97 Å². The summed E-state index contributed by atoms with van der Waals surface area (Å²) in [6.07, 6.45) is 0. The van der Waals surface area contributed by atoms with E-state index in [0.717, 1.165) is 11.1 Å². The molecule has 0 spiro atoms. The summed E-state index contributed by atoms with van der Waals surface area (Å²) in [4.78, 5) is 23.6. The maximum absolute atomic E-state index is 12.3. The molecule has 0 unspecified atom stereocenters. The number of anilines is 1. The number of hydrogen-bond acceptors (Lipinski definition) is 4. The number of carbonyl (C=O) groups excluding carboxylic acids is 2. The second-order valence-corrected chi connectivity index (χ2v) is 4.83. The van der Waals surface area contributed by atoms with Crippen molar-refractivity contribution in [2.75, 3.05) is 11.9 Å². The molecule has 0 atom stereocenters. The molecule has 5 heteroatoms. The third-order valence-corrected chi connectivity index (χ3v) is 3.33. The van der Waals surface area contributed by atoms with Crippen LogP contribution in [0.15, 0.2) is 42.5 Å². The van der Waals surface area contributed by atoms with E-state index in [-0.39, 0.29) is 11.7 Å². The molecule has 0 heterocycles. The first kappa shape index (κ1) is 15.7. The molecule has 0 aliphatic carbocycles. The first-order valence-electron chi connectivity index (χ1n) is 6.81. The lowest BCUT2D eigenvalue weighted by Gasteiger charge is -2.15. The molecule has 2 N–H and O–H groups in total. The second-order valence-electron chi connectivity index (χ2n) is 4.83. The maximum atomic E-state index is 12.3. The molecule has 0 aromatic heterocycles.